The fourth-order valence-corrected chi connectivity index (χ4v) is 4.52. The molecule has 3 aliphatic rings. The van der Waals surface area contributed by atoms with Crippen LogP contribution >= 0.6 is 0 Å². The van der Waals surface area contributed by atoms with E-state index in [1.165, 1.54) is 5.69 Å². The molecule has 2 aliphatic heterocycles. The Labute approximate surface area is 118 Å². The Balaban J connectivity index is 1.78. The number of aromatic nitrogens is 1. The summed E-state index contributed by atoms with van der Waals surface area (Å²) in [6.45, 7) is 3.72. The van der Waals surface area contributed by atoms with Crippen LogP contribution in [0, 0.1) is 5.41 Å². The zero-order valence-electron chi connectivity index (χ0n) is 11.9. The fraction of sp³-hybridized carbons (Fsp3) is 0.625. The number of nitrogens with zero attached hydrogens (tertiary/aromatic N) is 2. The number of fused-ring (bicyclic) bond motifs is 3. The van der Waals surface area contributed by atoms with Crippen LogP contribution in [0.15, 0.2) is 18.3 Å². The number of carbonyl (C=O) groups excluding carboxylic acids is 2. The highest BCUT2D eigenvalue weighted by Gasteiger charge is 2.58. The highest BCUT2D eigenvalue weighted by atomic mass is 16.2. The summed E-state index contributed by atoms with van der Waals surface area (Å²) in [4.78, 5) is 27.3. The van der Waals surface area contributed by atoms with Crippen LogP contribution in [0.5, 0.6) is 0 Å². The summed E-state index contributed by atoms with van der Waals surface area (Å²) in [6, 6.07) is 4.17. The molecule has 0 radical (unpaired) electrons. The van der Waals surface area contributed by atoms with Crippen LogP contribution in [0.1, 0.15) is 44.7 Å². The Morgan fingerprint density at radius 2 is 2.00 bits per heavy atom. The third-order valence-electron chi connectivity index (χ3n) is 5.78. The Morgan fingerprint density at radius 1 is 1.15 bits per heavy atom. The molecule has 0 bridgehead atoms. The minimum atomic E-state index is -0.672. The molecule has 1 saturated heterocycles. The van der Waals surface area contributed by atoms with Gasteiger partial charge >= 0.3 is 0 Å². The Kier molecular flexibility index (Phi) is 2.28. The molecule has 1 saturated carbocycles. The quantitative estimate of drug-likeness (QED) is 0.679. The highest BCUT2D eigenvalue weighted by Crippen LogP contribution is 2.51. The molecule has 106 valence electrons. The van der Waals surface area contributed by atoms with Gasteiger partial charge in [0, 0.05) is 31.4 Å². The standard InChI is InChI=1S/C16H20N2O2/c1-15-7-8-16(6-2-5-13(16)19)14(20)18(15)11-10-17-9-3-4-12(15)17/h3-4,9H,2,5-8,10-11H2,1H3. The maximum atomic E-state index is 13.0. The molecule has 1 amide bonds. The Hall–Kier alpha value is -1.58. The van der Waals surface area contributed by atoms with Gasteiger partial charge in [-0.2, -0.15) is 0 Å². The van der Waals surface area contributed by atoms with Gasteiger partial charge in [-0.3, -0.25) is 9.59 Å². The molecule has 2 atom stereocenters. The number of ketones is 1. The van der Waals surface area contributed by atoms with Gasteiger partial charge in [0.05, 0.1) is 5.54 Å². The third-order valence-corrected chi connectivity index (χ3v) is 5.78. The second kappa shape index (κ2) is 3.74. The van der Waals surface area contributed by atoms with Crippen molar-refractivity contribution >= 4 is 11.7 Å². The maximum Gasteiger partial charge on any atom is 0.237 e. The topological polar surface area (TPSA) is 42.3 Å². The van der Waals surface area contributed by atoms with Crippen molar-refractivity contribution in [1.82, 2.24) is 9.47 Å². The summed E-state index contributed by atoms with van der Waals surface area (Å²) >= 11 is 0. The molecular formula is C16H20N2O2. The number of hydrogen-bond acceptors (Lipinski definition) is 2. The van der Waals surface area contributed by atoms with Crippen LogP contribution < -0.4 is 0 Å². The van der Waals surface area contributed by atoms with Gasteiger partial charge < -0.3 is 9.47 Å². The van der Waals surface area contributed by atoms with Gasteiger partial charge in [0.2, 0.25) is 5.91 Å². The molecule has 4 heteroatoms. The molecule has 1 aromatic rings. The Bertz CT molecular complexity index is 605. The van der Waals surface area contributed by atoms with Crippen LogP contribution in [0.25, 0.3) is 0 Å². The first kappa shape index (κ1) is 12.2. The lowest BCUT2D eigenvalue weighted by Gasteiger charge is -2.53. The summed E-state index contributed by atoms with van der Waals surface area (Å²) in [5.41, 5.74) is 0.318. The summed E-state index contributed by atoms with van der Waals surface area (Å²) in [6.07, 6.45) is 5.95. The molecule has 4 rings (SSSR count). The Morgan fingerprint density at radius 3 is 2.75 bits per heavy atom. The first-order valence-electron chi connectivity index (χ1n) is 7.59. The average molecular weight is 272 g/mol. The van der Waals surface area contributed by atoms with E-state index in [0.717, 1.165) is 38.8 Å². The summed E-state index contributed by atoms with van der Waals surface area (Å²) < 4.78 is 2.25. The van der Waals surface area contributed by atoms with Gasteiger partial charge in [0.1, 0.15) is 11.2 Å². The second-order valence-corrected chi connectivity index (χ2v) is 6.68. The fourth-order valence-electron chi connectivity index (χ4n) is 4.52. The molecule has 2 fully saturated rings. The van der Waals surface area contributed by atoms with Gasteiger partial charge in [-0.05, 0) is 44.7 Å². The van der Waals surface area contributed by atoms with Gasteiger partial charge in [-0.1, -0.05) is 0 Å². The lowest BCUT2D eigenvalue weighted by molar-refractivity contribution is -0.162. The van der Waals surface area contributed by atoms with Crippen LogP contribution in [-0.4, -0.2) is 27.7 Å². The number of rotatable bonds is 0. The molecule has 1 aliphatic carbocycles. The van der Waals surface area contributed by atoms with Crippen LogP contribution in [0.2, 0.25) is 0 Å². The largest absolute Gasteiger partial charge is 0.348 e. The number of Topliss-reactive ketones (excluding diaryl/α,β-unsaturated/α-hetero) is 1. The van der Waals surface area contributed by atoms with E-state index < -0.39 is 5.41 Å². The summed E-state index contributed by atoms with van der Waals surface area (Å²) in [7, 11) is 0. The number of hydrogen-bond donors (Lipinski definition) is 0. The van der Waals surface area contributed by atoms with E-state index >= 15 is 0 Å². The van der Waals surface area contributed by atoms with E-state index in [1.807, 2.05) is 4.90 Å². The second-order valence-electron chi connectivity index (χ2n) is 6.68. The molecule has 1 spiro atoms. The van der Waals surface area contributed by atoms with E-state index in [0.29, 0.717) is 6.42 Å². The number of piperidine rings is 1. The predicted octanol–water partition coefficient (Wildman–Crippen LogP) is 2.08. The monoisotopic (exact) mass is 272 g/mol. The lowest BCUT2D eigenvalue weighted by Crippen LogP contribution is -2.62. The van der Waals surface area contributed by atoms with Crippen molar-refractivity contribution < 1.29 is 9.59 Å². The smallest absolute Gasteiger partial charge is 0.237 e. The van der Waals surface area contributed by atoms with E-state index in [-0.39, 0.29) is 17.2 Å². The van der Waals surface area contributed by atoms with Crippen molar-refractivity contribution in [3.05, 3.63) is 24.0 Å². The van der Waals surface area contributed by atoms with Crippen LogP contribution in [0.4, 0.5) is 0 Å². The third kappa shape index (κ3) is 1.27. The van der Waals surface area contributed by atoms with Crippen molar-refractivity contribution in [2.75, 3.05) is 6.54 Å². The highest BCUT2D eigenvalue weighted by molar-refractivity contribution is 6.08. The first-order valence-corrected chi connectivity index (χ1v) is 7.59. The number of amides is 1. The average Bonchev–Trinajstić information content (AvgIpc) is 3.03. The van der Waals surface area contributed by atoms with Gasteiger partial charge in [0.25, 0.3) is 0 Å². The molecule has 0 N–H and O–H groups in total. The van der Waals surface area contributed by atoms with Crippen molar-refractivity contribution in [3.8, 4) is 0 Å². The molecule has 4 nitrogen and oxygen atoms in total. The normalized spacial score (nSPS) is 36.4. The van der Waals surface area contributed by atoms with Crippen molar-refractivity contribution in [2.45, 2.75) is 51.1 Å². The molecule has 2 unspecified atom stereocenters. The van der Waals surface area contributed by atoms with Gasteiger partial charge in [-0.25, -0.2) is 0 Å². The minimum Gasteiger partial charge on any atom is -0.348 e. The number of carbonyl (C=O) groups is 2. The van der Waals surface area contributed by atoms with Crippen LogP contribution in [-0.2, 0) is 21.7 Å². The minimum absolute atomic E-state index is 0.0983. The first-order chi connectivity index (χ1) is 9.58. The maximum absolute atomic E-state index is 13.0. The van der Waals surface area contributed by atoms with Gasteiger partial charge in [-0.15, -0.1) is 0 Å². The van der Waals surface area contributed by atoms with E-state index in [1.54, 1.807) is 0 Å². The van der Waals surface area contributed by atoms with Gasteiger partial charge in [0.15, 0.2) is 0 Å². The van der Waals surface area contributed by atoms with E-state index in [4.69, 9.17) is 0 Å². The van der Waals surface area contributed by atoms with E-state index in [2.05, 4.69) is 29.8 Å². The SMILES string of the molecule is CC12CCC3(CCCC3=O)C(=O)N1CCn1cccc12. The zero-order chi connectivity index (χ0) is 14.0. The molecule has 1 aromatic heterocycles. The van der Waals surface area contributed by atoms with Crippen molar-refractivity contribution in [3.63, 3.8) is 0 Å². The lowest BCUT2D eigenvalue weighted by atomic mass is 9.69. The molecular weight excluding hydrogens is 252 g/mol. The van der Waals surface area contributed by atoms with Crippen LogP contribution in [0.3, 0.4) is 0 Å². The molecule has 3 heterocycles. The van der Waals surface area contributed by atoms with Crippen molar-refractivity contribution in [2.24, 2.45) is 5.41 Å². The molecule has 0 aromatic carbocycles. The zero-order valence-corrected chi connectivity index (χ0v) is 11.9. The van der Waals surface area contributed by atoms with E-state index in [9.17, 15) is 9.59 Å². The molecule has 20 heavy (non-hydrogen) atoms. The predicted molar refractivity (Wildman–Crippen MR) is 74.0 cm³/mol. The van der Waals surface area contributed by atoms with Crippen molar-refractivity contribution in [1.29, 1.82) is 0 Å². The summed E-state index contributed by atoms with van der Waals surface area (Å²) in [5, 5.41) is 0. The summed E-state index contributed by atoms with van der Waals surface area (Å²) in [5.74, 6) is 0.284.